The monoisotopic (exact) mass is 267 g/mol. The molecule has 0 spiro atoms. The molecule has 2 aromatic carbocycles. The fourth-order valence-electron chi connectivity index (χ4n) is 2.32. The van der Waals surface area contributed by atoms with E-state index in [9.17, 15) is 0 Å². The molecule has 20 heavy (non-hydrogen) atoms. The van der Waals surface area contributed by atoms with Crippen molar-refractivity contribution in [2.45, 2.75) is 13.5 Å². The highest BCUT2D eigenvalue weighted by molar-refractivity contribution is 5.81. The van der Waals surface area contributed by atoms with Gasteiger partial charge < -0.3 is 15.5 Å². The van der Waals surface area contributed by atoms with E-state index in [4.69, 9.17) is 10.5 Å². The van der Waals surface area contributed by atoms with Gasteiger partial charge in [-0.25, -0.2) is 4.98 Å². The number of fused-ring (bicyclic) bond motifs is 1. The lowest BCUT2D eigenvalue weighted by atomic mass is 10.1. The molecule has 3 aromatic rings. The maximum atomic E-state index is 5.67. The number of hydrogen-bond acceptors (Lipinski definition) is 3. The van der Waals surface area contributed by atoms with Crippen LogP contribution in [0.5, 0.6) is 5.75 Å². The molecule has 0 unspecified atom stereocenters. The normalized spacial score (nSPS) is 10.9. The maximum Gasteiger partial charge on any atom is 0.142 e. The van der Waals surface area contributed by atoms with Crippen LogP contribution in [0.25, 0.3) is 22.4 Å². The first-order valence-corrected chi connectivity index (χ1v) is 6.55. The lowest BCUT2D eigenvalue weighted by Crippen LogP contribution is -1.95. The predicted octanol–water partition coefficient (Wildman–Crippen LogP) is 3.01. The van der Waals surface area contributed by atoms with Crippen molar-refractivity contribution < 1.29 is 4.74 Å². The van der Waals surface area contributed by atoms with Crippen molar-refractivity contribution >= 4 is 11.0 Å². The van der Waals surface area contributed by atoms with Crippen LogP contribution < -0.4 is 10.5 Å². The molecule has 0 bridgehead atoms. The maximum absolute atomic E-state index is 5.67. The predicted molar refractivity (Wildman–Crippen MR) is 80.7 cm³/mol. The van der Waals surface area contributed by atoms with Crippen molar-refractivity contribution in [3.8, 4) is 17.1 Å². The van der Waals surface area contributed by atoms with Gasteiger partial charge in [-0.15, -0.1) is 0 Å². The molecule has 0 aliphatic heterocycles. The van der Waals surface area contributed by atoms with Gasteiger partial charge in [0.1, 0.15) is 11.6 Å². The quantitative estimate of drug-likeness (QED) is 0.766. The van der Waals surface area contributed by atoms with E-state index in [1.165, 1.54) is 5.56 Å². The van der Waals surface area contributed by atoms with Crippen molar-refractivity contribution in [2.75, 3.05) is 7.11 Å². The van der Waals surface area contributed by atoms with Crippen molar-refractivity contribution in [1.29, 1.82) is 0 Å². The fraction of sp³-hybridized carbons (Fsp3) is 0.188. The van der Waals surface area contributed by atoms with Gasteiger partial charge in [0.25, 0.3) is 0 Å². The third kappa shape index (κ3) is 2.14. The topological polar surface area (TPSA) is 63.9 Å². The van der Waals surface area contributed by atoms with Crippen LogP contribution >= 0.6 is 0 Å². The summed E-state index contributed by atoms with van der Waals surface area (Å²) in [5.41, 5.74) is 10.8. The highest BCUT2D eigenvalue weighted by Gasteiger charge is 2.11. The minimum absolute atomic E-state index is 0.526. The molecular weight excluding hydrogens is 250 g/mol. The zero-order valence-corrected chi connectivity index (χ0v) is 11.6. The van der Waals surface area contributed by atoms with Gasteiger partial charge in [0.2, 0.25) is 0 Å². The van der Waals surface area contributed by atoms with Crippen molar-refractivity contribution in [1.82, 2.24) is 9.97 Å². The second-order valence-corrected chi connectivity index (χ2v) is 4.84. The summed E-state index contributed by atoms with van der Waals surface area (Å²) in [6.45, 7) is 2.58. The van der Waals surface area contributed by atoms with Gasteiger partial charge in [-0.1, -0.05) is 17.7 Å². The summed E-state index contributed by atoms with van der Waals surface area (Å²) in [6, 6.07) is 12.1. The Balaban J connectivity index is 2.17. The molecule has 4 heteroatoms. The van der Waals surface area contributed by atoms with E-state index >= 15 is 0 Å². The third-order valence-electron chi connectivity index (χ3n) is 3.39. The first-order chi connectivity index (χ1) is 9.71. The van der Waals surface area contributed by atoms with Gasteiger partial charge in [-0.05, 0) is 36.8 Å². The van der Waals surface area contributed by atoms with Crippen LogP contribution in [0, 0.1) is 6.92 Å². The Labute approximate surface area is 117 Å². The van der Waals surface area contributed by atoms with Crippen LogP contribution in [-0.2, 0) is 6.54 Å². The molecule has 0 aliphatic carbocycles. The van der Waals surface area contributed by atoms with Gasteiger partial charge in [0.15, 0.2) is 0 Å². The first-order valence-electron chi connectivity index (χ1n) is 6.55. The minimum atomic E-state index is 0.526. The lowest BCUT2D eigenvalue weighted by molar-refractivity contribution is 0.416. The van der Waals surface area contributed by atoms with Gasteiger partial charge in [0.05, 0.1) is 23.7 Å². The molecule has 0 saturated heterocycles. The molecule has 0 fully saturated rings. The van der Waals surface area contributed by atoms with Crippen LogP contribution in [0.4, 0.5) is 0 Å². The second-order valence-electron chi connectivity index (χ2n) is 4.84. The largest absolute Gasteiger partial charge is 0.496 e. The second kappa shape index (κ2) is 4.98. The standard InChI is InChI=1S/C16H17N3O/c1-10-3-6-15(20-2)12(7-10)16-18-13-5-4-11(9-17)8-14(13)19-16/h3-8H,9,17H2,1-2H3,(H,18,19). The van der Waals surface area contributed by atoms with E-state index < -0.39 is 0 Å². The summed E-state index contributed by atoms with van der Waals surface area (Å²) >= 11 is 0. The molecule has 0 atom stereocenters. The van der Waals surface area contributed by atoms with Crippen LogP contribution in [0.1, 0.15) is 11.1 Å². The number of H-pyrrole nitrogens is 1. The lowest BCUT2D eigenvalue weighted by Gasteiger charge is -2.06. The Hall–Kier alpha value is -2.33. The van der Waals surface area contributed by atoms with Crippen molar-refractivity contribution in [2.24, 2.45) is 5.73 Å². The Bertz CT molecular complexity index is 762. The number of nitrogens with two attached hydrogens (primary N) is 1. The number of benzene rings is 2. The number of ether oxygens (including phenoxy) is 1. The summed E-state index contributed by atoms with van der Waals surface area (Å²) in [5.74, 6) is 1.63. The smallest absolute Gasteiger partial charge is 0.142 e. The van der Waals surface area contributed by atoms with Crippen LogP contribution in [-0.4, -0.2) is 17.1 Å². The zero-order valence-electron chi connectivity index (χ0n) is 11.6. The number of aromatic amines is 1. The molecule has 1 aromatic heterocycles. The number of nitrogens with one attached hydrogen (secondary N) is 1. The first kappa shape index (κ1) is 12.7. The fourth-order valence-corrected chi connectivity index (χ4v) is 2.32. The summed E-state index contributed by atoms with van der Waals surface area (Å²) in [5, 5.41) is 0. The van der Waals surface area contributed by atoms with Gasteiger partial charge in [-0.2, -0.15) is 0 Å². The summed E-state index contributed by atoms with van der Waals surface area (Å²) < 4.78 is 5.42. The number of imidazole rings is 1. The van der Waals surface area contributed by atoms with E-state index in [1.807, 2.05) is 30.3 Å². The van der Waals surface area contributed by atoms with E-state index in [-0.39, 0.29) is 0 Å². The SMILES string of the molecule is COc1ccc(C)cc1-c1nc2ccc(CN)cc2[nH]1. The zero-order chi connectivity index (χ0) is 14.1. The van der Waals surface area contributed by atoms with Crippen LogP contribution in [0.2, 0.25) is 0 Å². The van der Waals surface area contributed by atoms with Crippen LogP contribution in [0.15, 0.2) is 36.4 Å². The number of rotatable bonds is 3. The molecule has 3 N–H and O–H groups in total. The number of nitrogens with zero attached hydrogens (tertiary/aromatic N) is 1. The Kier molecular flexibility index (Phi) is 3.16. The van der Waals surface area contributed by atoms with Crippen molar-refractivity contribution in [3.05, 3.63) is 47.5 Å². The number of aromatic nitrogens is 2. The average Bonchev–Trinajstić information content (AvgIpc) is 2.89. The summed E-state index contributed by atoms with van der Waals surface area (Å²) in [4.78, 5) is 7.97. The molecule has 0 radical (unpaired) electrons. The van der Waals surface area contributed by atoms with Crippen LogP contribution in [0.3, 0.4) is 0 Å². The highest BCUT2D eigenvalue weighted by Crippen LogP contribution is 2.30. The summed E-state index contributed by atoms with van der Waals surface area (Å²) in [6.07, 6.45) is 0. The average molecular weight is 267 g/mol. The van der Waals surface area contributed by atoms with Gasteiger partial charge in [0, 0.05) is 6.54 Å². The molecule has 102 valence electrons. The van der Waals surface area contributed by atoms with E-state index in [0.717, 1.165) is 33.7 Å². The minimum Gasteiger partial charge on any atom is -0.496 e. The molecule has 1 heterocycles. The van der Waals surface area contributed by atoms with E-state index in [1.54, 1.807) is 7.11 Å². The molecule has 0 amide bonds. The number of aryl methyl sites for hydroxylation is 1. The Morgan fingerprint density at radius 2 is 2.05 bits per heavy atom. The summed E-state index contributed by atoms with van der Waals surface area (Å²) in [7, 11) is 1.67. The van der Waals surface area contributed by atoms with E-state index in [2.05, 4.69) is 23.0 Å². The Morgan fingerprint density at radius 1 is 1.20 bits per heavy atom. The van der Waals surface area contributed by atoms with Gasteiger partial charge in [-0.3, -0.25) is 0 Å². The highest BCUT2D eigenvalue weighted by atomic mass is 16.5. The van der Waals surface area contributed by atoms with E-state index in [0.29, 0.717) is 6.54 Å². The molecule has 3 rings (SSSR count). The Morgan fingerprint density at radius 3 is 2.80 bits per heavy atom. The molecule has 4 nitrogen and oxygen atoms in total. The van der Waals surface area contributed by atoms with Crippen molar-refractivity contribution in [3.63, 3.8) is 0 Å². The molecule has 0 aliphatic rings. The van der Waals surface area contributed by atoms with Gasteiger partial charge >= 0.3 is 0 Å². The molecular formula is C16H17N3O. The number of methoxy groups -OCH3 is 1. The third-order valence-corrected chi connectivity index (χ3v) is 3.39. The molecule has 0 saturated carbocycles. The number of hydrogen-bond donors (Lipinski definition) is 2.